The fourth-order valence-corrected chi connectivity index (χ4v) is 4.94. The van der Waals surface area contributed by atoms with Crippen LogP contribution in [0.25, 0.3) is 0 Å². The molecule has 2 heterocycles. The van der Waals surface area contributed by atoms with Crippen LogP contribution in [0.5, 0.6) is 0 Å². The maximum Gasteiger partial charge on any atom is 0.325 e. The van der Waals surface area contributed by atoms with Crippen LogP contribution in [-0.2, 0) is 9.59 Å². The summed E-state index contributed by atoms with van der Waals surface area (Å²) in [7, 11) is 0. The number of amides is 4. The Hall–Kier alpha value is -1.24. The van der Waals surface area contributed by atoms with E-state index in [1.807, 2.05) is 16.7 Å². The molecule has 3 fully saturated rings. The zero-order valence-electron chi connectivity index (χ0n) is 13.7. The van der Waals surface area contributed by atoms with E-state index in [0.717, 1.165) is 50.9 Å². The predicted molar refractivity (Wildman–Crippen MR) is 89.2 cm³/mol. The molecule has 23 heavy (non-hydrogen) atoms. The molecule has 0 unspecified atom stereocenters. The molecule has 128 valence electrons. The van der Waals surface area contributed by atoms with Crippen molar-refractivity contribution >= 4 is 29.6 Å². The third-order valence-corrected chi connectivity index (χ3v) is 6.57. The summed E-state index contributed by atoms with van der Waals surface area (Å²) < 4.78 is 0. The number of urea groups is 1. The molecule has 0 aromatic carbocycles. The first-order valence-corrected chi connectivity index (χ1v) is 9.64. The topological polar surface area (TPSA) is 69.7 Å². The second-order valence-corrected chi connectivity index (χ2v) is 8.08. The van der Waals surface area contributed by atoms with Crippen LogP contribution in [0.3, 0.4) is 0 Å². The Morgan fingerprint density at radius 2 is 2.09 bits per heavy atom. The minimum absolute atomic E-state index is 0.0525. The number of hydrogen-bond donors (Lipinski definition) is 1. The minimum atomic E-state index is -0.671. The van der Waals surface area contributed by atoms with Crippen molar-refractivity contribution < 1.29 is 14.4 Å². The Balaban J connectivity index is 1.54. The molecule has 0 radical (unpaired) electrons. The Bertz CT molecular complexity index is 505. The molecule has 7 heteroatoms. The van der Waals surface area contributed by atoms with Crippen molar-refractivity contribution in [1.29, 1.82) is 0 Å². The average Bonchev–Trinajstić information content (AvgIpc) is 3.12. The van der Waals surface area contributed by atoms with E-state index in [-0.39, 0.29) is 30.8 Å². The van der Waals surface area contributed by atoms with E-state index in [1.54, 1.807) is 0 Å². The molecule has 6 nitrogen and oxygen atoms in total. The van der Waals surface area contributed by atoms with Crippen LogP contribution in [0, 0.1) is 0 Å². The van der Waals surface area contributed by atoms with E-state index < -0.39 is 5.54 Å². The summed E-state index contributed by atoms with van der Waals surface area (Å²) in [6, 6.07) is -0.328. The highest BCUT2D eigenvalue weighted by Crippen LogP contribution is 2.35. The van der Waals surface area contributed by atoms with Gasteiger partial charge in [-0.3, -0.25) is 14.5 Å². The molecule has 1 saturated carbocycles. The van der Waals surface area contributed by atoms with Crippen molar-refractivity contribution in [2.75, 3.05) is 25.4 Å². The smallest absolute Gasteiger partial charge is 0.325 e. The van der Waals surface area contributed by atoms with Gasteiger partial charge in [0, 0.05) is 37.1 Å². The van der Waals surface area contributed by atoms with Crippen LogP contribution < -0.4 is 5.32 Å². The molecular weight excluding hydrogens is 314 g/mol. The van der Waals surface area contributed by atoms with Crippen LogP contribution in [0.4, 0.5) is 4.79 Å². The number of nitrogens with one attached hydrogen (secondary N) is 1. The molecule has 0 aromatic rings. The Morgan fingerprint density at radius 3 is 2.78 bits per heavy atom. The maximum absolute atomic E-state index is 12.5. The molecule has 3 rings (SSSR count). The highest BCUT2D eigenvalue weighted by Gasteiger charge is 2.52. The minimum Gasteiger partial charge on any atom is -0.341 e. The van der Waals surface area contributed by atoms with Gasteiger partial charge >= 0.3 is 6.03 Å². The Kier molecular flexibility index (Phi) is 4.85. The molecule has 1 spiro atoms. The number of thioether (sulfide) groups is 1. The normalized spacial score (nSPS) is 26.9. The monoisotopic (exact) mass is 339 g/mol. The molecule has 1 aliphatic carbocycles. The van der Waals surface area contributed by atoms with Crippen molar-refractivity contribution in [2.45, 2.75) is 56.2 Å². The standard InChI is InChI=1S/C16H25N3O3S/c1-2-12-11-18(9-10-23-12)13(20)5-8-19-14(21)16(17-15(19)22)6-3-4-7-16/h12H,2-11H2,1H3,(H,17,22)/t12-/m1/s1. The van der Waals surface area contributed by atoms with Gasteiger partial charge in [0.2, 0.25) is 5.91 Å². The highest BCUT2D eigenvalue weighted by molar-refractivity contribution is 8.00. The number of rotatable bonds is 4. The lowest BCUT2D eigenvalue weighted by atomic mass is 9.98. The molecule has 3 aliphatic rings. The summed E-state index contributed by atoms with van der Waals surface area (Å²) in [6.45, 7) is 3.89. The van der Waals surface area contributed by atoms with Crippen molar-refractivity contribution in [3.63, 3.8) is 0 Å². The van der Waals surface area contributed by atoms with E-state index in [4.69, 9.17) is 0 Å². The van der Waals surface area contributed by atoms with Gasteiger partial charge in [-0.15, -0.1) is 0 Å². The van der Waals surface area contributed by atoms with E-state index in [0.29, 0.717) is 5.25 Å². The number of carbonyl (C=O) groups excluding carboxylic acids is 3. The summed E-state index contributed by atoms with van der Waals surface area (Å²) in [5.41, 5.74) is -0.671. The van der Waals surface area contributed by atoms with E-state index in [9.17, 15) is 14.4 Å². The van der Waals surface area contributed by atoms with Gasteiger partial charge in [-0.1, -0.05) is 19.8 Å². The van der Waals surface area contributed by atoms with Gasteiger partial charge in [0.25, 0.3) is 5.91 Å². The van der Waals surface area contributed by atoms with Crippen molar-refractivity contribution in [3.8, 4) is 0 Å². The molecule has 2 saturated heterocycles. The molecule has 0 aromatic heterocycles. The Labute approximate surface area is 141 Å². The second-order valence-electron chi connectivity index (χ2n) is 6.67. The van der Waals surface area contributed by atoms with Gasteiger partial charge < -0.3 is 10.2 Å². The average molecular weight is 339 g/mol. The van der Waals surface area contributed by atoms with Crippen LogP contribution in [0.1, 0.15) is 45.4 Å². The zero-order valence-corrected chi connectivity index (χ0v) is 14.5. The SMILES string of the molecule is CC[C@@H]1CN(C(=O)CCN2C(=O)NC3(CCCC3)C2=O)CCS1. The molecule has 2 aliphatic heterocycles. The zero-order chi connectivity index (χ0) is 16.4. The maximum atomic E-state index is 12.5. The van der Waals surface area contributed by atoms with Crippen molar-refractivity contribution in [1.82, 2.24) is 15.1 Å². The lowest BCUT2D eigenvalue weighted by Crippen LogP contribution is -2.45. The van der Waals surface area contributed by atoms with Gasteiger partial charge in [0.05, 0.1) is 0 Å². The summed E-state index contributed by atoms with van der Waals surface area (Å²) in [5, 5.41) is 3.36. The summed E-state index contributed by atoms with van der Waals surface area (Å²) >= 11 is 1.92. The lowest BCUT2D eigenvalue weighted by Gasteiger charge is -2.32. The van der Waals surface area contributed by atoms with Crippen molar-refractivity contribution in [3.05, 3.63) is 0 Å². The third kappa shape index (κ3) is 3.20. The quantitative estimate of drug-likeness (QED) is 0.790. The highest BCUT2D eigenvalue weighted by atomic mass is 32.2. The first-order chi connectivity index (χ1) is 11.1. The van der Waals surface area contributed by atoms with E-state index in [1.165, 1.54) is 4.90 Å². The number of nitrogens with zero attached hydrogens (tertiary/aromatic N) is 2. The lowest BCUT2D eigenvalue weighted by molar-refractivity contribution is -0.133. The van der Waals surface area contributed by atoms with Gasteiger partial charge in [-0.05, 0) is 19.3 Å². The number of carbonyl (C=O) groups is 3. The number of hydrogen-bond acceptors (Lipinski definition) is 4. The van der Waals surface area contributed by atoms with Gasteiger partial charge in [0.1, 0.15) is 5.54 Å². The first-order valence-electron chi connectivity index (χ1n) is 8.59. The third-order valence-electron chi connectivity index (χ3n) is 5.20. The molecule has 1 atom stereocenters. The summed E-state index contributed by atoms with van der Waals surface area (Å²) in [4.78, 5) is 40.2. The van der Waals surface area contributed by atoms with Gasteiger partial charge in [-0.2, -0.15) is 11.8 Å². The fourth-order valence-electron chi connectivity index (χ4n) is 3.76. The van der Waals surface area contributed by atoms with Crippen molar-refractivity contribution in [2.24, 2.45) is 0 Å². The van der Waals surface area contributed by atoms with Crippen LogP contribution in [-0.4, -0.2) is 63.8 Å². The van der Waals surface area contributed by atoms with Gasteiger partial charge in [0.15, 0.2) is 0 Å². The fraction of sp³-hybridized carbons (Fsp3) is 0.812. The number of imide groups is 1. The van der Waals surface area contributed by atoms with E-state index >= 15 is 0 Å². The molecular formula is C16H25N3O3S. The van der Waals surface area contributed by atoms with Crippen LogP contribution in [0.15, 0.2) is 0 Å². The van der Waals surface area contributed by atoms with Crippen LogP contribution in [0.2, 0.25) is 0 Å². The summed E-state index contributed by atoms with van der Waals surface area (Å²) in [6.07, 6.45) is 4.69. The summed E-state index contributed by atoms with van der Waals surface area (Å²) in [5.74, 6) is 0.890. The Morgan fingerprint density at radius 1 is 1.35 bits per heavy atom. The molecule has 1 N–H and O–H groups in total. The van der Waals surface area contributed by atoms with E-state index in [2.05, 4.69) is 12.2 Å². The first kappa shape index (κ1) is 16.6. The molecule has 4 amide bonds. The largest absolute Gasteiger partial charge is 0.341 e. The molecule has 0 bridgehead atoms. The van der Waals surface area contributed by atoms with Gasteiger partial charge in [-0.25, -0.2) is 4.79 Å². The van der Waals surface area contributed by atoms with Crippen LogP contribution >= 0.6 is 11.8 Å². The predicted octanol–water partition coefficient (Wildman–Crippen LogP) is 1.60. The second kappa shape index (κ2) is 6.71.